The van der Waals surface area contributed by atoms with Crippen molar-refractivity contribution in [3.63, 3.8) is 0 Å². The van der Waals surface area contributed by atoms with Gasteiger partial charge in [-0.25, -0.2) is 4.39 Å². The largest absolute Gasteiger partial charge is 0.489 e. The van der Waals surface area contributed by atoms with E-state index in [4.69, 9.17) is 27.3 Å². The highest BCUT2D eigenvalue weighted by atomic mass is 35.5. The zero-order valence-electron chi connectivity index (χ0n) is 10.4. The lowest BCUT2D eigenvalue weighted by molar-refractivity contribution is 0.305. The summed E-state index contributed by atoms with van der Waals surface area (Å²) >= 11 is 6.00. The highest BCUT2D eigenvalue weighted by molar-refractivity contribution is 6.34. The standard InChI is InChI=1S/C14H12ClFN2O2/c15-13-7-11(4-5-12(13)14(17)18-19)20-8-9-2-1-3-10(16)6-9/h1-7,19H,8H2,(H2,17,18). The van der Waals surface area contributed by atoms with Crippen LogP contribution >= 0.6 is 11.6 Å². The normalized spacial score (nSPS) is 11.4. The van der Waals surface area contributed by atoms with Crippen LogP contribution in [0.25, 0.3) is 0 Å². The van der Waals surface area contributed by atoms with E-state index >= 15 is 0 Å². The molecule has 2 rings (SSSR count). The van der Waals surface area contributed by atoms with Gasteiger partial charge in [0.25, 0.3) is 0 Å². The Balaban J connectivity index is 2.09. The molecule has 0 aliphatic carbocycles. The van der Waals surface area contributed by atoms with Crippen LogP contribution in [0.3, 0.4) is 0 Å². The van der Waals surface area contributed by atoms with Crippen LogP contribution in [-0.2, 0) is 6.61 Å². The molecule has 0 spiro atoms. The molecule has 0 saturated carbocycles. The third kappa shape index (κ3) is 3.39. The number of nitrogens with zero attached hydrogens (tertiary/aromatic N) is 1. The molecule has 0 aliphatic heterocycles. The van der Waals surface area contributed by atoms with Crippen LogP contribution in [-0.4, -0.2) is 11.0 Å². The Kier molecular flexibility index (Phi) is 4.42. The first kappa shape index (κ1) is 14.1. The van der Waals surface area contributed by atoms with E-state index in [-0.39, 0.29) is 18.3 Å². The van der Waals surface area contributed by atoms with Crippen LogP contribution in [0.4, 0.5) is 4.39 Å². The fraction of sp³-hybridized carbons (Fsp3) is 0.0714. The lowest BCUT2D eigenvalue weighted by Gasteiger charge is -2.08. The van der Waals surface area contributed by atoms with Crippen molar-refractivity contribution < 1.29 is 14.3 Å². The van der Waals surface area contributed by atoms with Gasteiger partial charge in [-0.1, -0.05) is 28.9 Å². The molecule has 0 fully saturated rings. The molecule has 0 heterocycles. The molecule has 104 valence electrons. The van der Waals surface area contributed by atoms with E-state index in [9.17, 15) is 4.39 Å². The number of hydrogen-bond acceptors (Lipinski definition) is 3. The van der Waals surface area contributed by atoms with Crippen LogP contribution in [0.15, 0.2) is 47.6 Å². The molecule has 2 aromatic carbocycles. The van der Waals surface area contributed by atoms with Crippen molar-refractivity contribution in [1.82, 2.24) is 0 Å². The first-order valence-electron chi connectivity index (χ1n) is 5.75. The molecular formula is C14H12ClFN2O2. The van der Waals surface area contributed by atoms with Crippen molar-refractivity contribution in [2.24, 2.45) is 10.9 Å². The Morgan fingerprint density at radius 3 is 2.75 bits per heavy atom. The lowest BCUT2D eigenvalue weighted by Crippen LogP contribution is -2.13. The van der Waals surface area contributed by atoms with Gasteiger partial charge in [-0.05, 0) is 35.9 Å². The summed E-state index contributed by atoms with van der Waals surface area (Å²) in [5.74, 6) is 0.117. The van der Waals surface area contributed by atoms with Crippen LogP contribution in [0.2, 0.25) is 5.02 Å². The molecule has 3 N–H and O–H groups in total. The first-order valence-corrected chi connectivity index (χ1v) is 6.12. The van der Waals surface area contributed by atoms with Gasteiger partial charge in [-0.15, -0.1) is 0 Å². The number of oxime groups is 1. The second-order valence-corrected chi connectivity index (χ2v) is 4.45. The molecule has 0 aliphatic rings. The minimum Gasteiger partial charge on any atom is -0.489 e. The van der Waals surface area contributed by atoms with E-state index in [0.717, 1.165) is 0 Å². The third-order valence-electron chi connectivity index (χ3n) is 2.62. The van der Waals surface area contributed by atoms with Crippen LogP contribution in [0.1, 0.15) is 11.1 Å². The van der Waals surface area contributed by atoms with Crippen LogP contribution < -0.4 is 10.5 Å². The topological polar surface area (TPSA) is 67.8 Å². The maximum absolute atomic E-state index is 13.0. The van der Waals surface area contributed by atoms with Gasteiger partial charge in [-0.2, -0.15) is 0 Å². The van der Waals surface area contributed by atoms with Gasteiger partial charge in [-0.3, -0.25) is 0 Å². The van der Waals surface area contributed by atoms with Gasteiger partial charge in [0.15, 0.2) is 5.84 Å². The molecule has 0 atom stereocenters. The Morgan fingerprint density at radius 2 is 2.10 bits per heavy atom. The predicted molar refractivity (Wildman–Crippen MR) is 74.7 cm³/mol. The van der Waals surface area contributed by atoms with E-state index < -0.39 is 0 Å². The van der Waals surface area contributed by atoms with Crippen molar-refractivity contribution in [2.45, 2.75) is 6.61 Å². The Hall–Kier alpha value is -2.27. The van der Waals surface area contributed by atoms with Crippen molar-refractivity contribution in [3.8, 4) is 5.75 Å². The van der Waals surface area contributed by atoms with Crippen LogP contribution in [0.5, 0.6) is 5.75 Å². The summed E-state index contributed by atoms with van der Waals surface area (Å²) in [6.07, 6.45) is 0. The Morgan fingerprint density at radius 1 is 1.30 bits per heavy atom. The fourth-order valence-corrected chi connectivity index (χ4v) is 1.91. The minimum absolute atomic E-state index is 0.0771. The third-order valence-corrected chi connectivity index (χ3v) is 2.93. The number of benzene rings is 2. The van der Waals surface area contributed by atoms with Gasteiger partial charge < -0.3 is 15.7 Å². The molecule has 0 saturated heterocycles. The van der Waals surface area contributed by atoms with Crippen molar-refractivity contribution in [3.05, 3.63) is 64.4 Å². The highest BCUT2D eigenvalue weighted by Crippen LogP contribution is 2.23. The maximum Gasteiger partial charge on any atom is 0.171 e. The van der Waals surface area contributed by atoms with Gasteiger partial charge in [0, 0.05) is 5.56 Å². The summed E-state index contributed by atoms with van der Waals surface area (Å²) in [4.78, 5) is 0. The van der Waals surface area contributed by atoms with Gasteiger partial charge >= 0.3 is 0 Å². The average Bonchev–Trinajstić information content (AvgIpc) is 2.44. The fourth-order valence-electron chi connectivity index (χ4n) is 1.64. The monoisotopic (exact) mass is 294 g/mol. The second kappa shape index (κ2) is 6.25. The molecule has 0 radical (unpaired) electrons. The zero-order chi connectivity index (χ0) is 14.5. The summed E-state index contributed by atoms with van der Waals surface area (Å²) in [6, 6.07) is 10.9. The van der Waals surface area contributed by atoms with Crippen molar-refractivity contribution >= 4 is 17.4 Å². The van der Waals surface area contributed by atoms with E-state index in [2.05, 4.69) is 5.16 Å². The molecule has 0 bridgehead atoms. The van der Waals surface area contributed by atoms with Gasteiger partial charge in [0.05, 0.1) is 5.02 Å². The lowest BCUT2D eigenvalue weighted by atomic mass is 10.2. The first-order chi connectivity index (χ1) is 9.60. The van der Waals surface area contributed by atoms with Crippen molar-refractivity contribution in [1.29, 1.82) is 0 Å². The maximum atomic E-state index is 13.0. The van der Waals surface area contributed by atoms with E-state index in [1.807, 2.05) is 0 Å². The highest BCUT2D eigenvalue weighted by Gasteiger charge is 2.07. The molecule has 20 heavy (non-hydrogen) atoms. The summed E-state index contributed by atoms with van der Waals surface area (Å²) in [5, 5.41) is 11.8. The molecule has 2 aromatic rings. The smallest absolute Gasteiger partial charge is 0.171 e. The number of amidine groups is 1. The Bertz CT molecular complexity index is 647. The second-order valence-electron chi connectivity index (χ2n) is 4.05. The van der Waals surface area contributed by atoms with E-state index in [1.54, 1.807) is 30.3 Å². The van der Waals surface area contributed by atoms with Gasteiger partial charge in [0.1, 0.15) is 18.2 Å². The molecule has 0 unspecified atom stereocenters. The number of nitrogens with two attached hydrogens (primary N) is 1. The predicted octanol–water partition coefficient (Wildman–Crippen LogP) is 3.15. The SMILES string of the molecule is N/C(=N/O)c1ccc(OCc2cccc(F)c2)cc1Cl. The van der Waals surface area contributed by atoms with E-state index in [0.29, 0.717) is 21.9 Å². The summed E-state index contributed by atoms with van der Waals surface area (Å²) in [5.41, 5.74) is 6.58. The molecule has 0 aromatic heterocycles. The van der Waals surface area contributed by atoms with E-state index in [1.165, 1.54) is 12.1 Å². The molecular weight excluding hydrogens is 283 g/mol. The average molecular weight is 295 g/mol. The number of rotatable bonds is 4. The number of halogens is 2. The molecule has 6 heteroatoms. The van der Waals surface area contributed by atoms with Gasteiger partial charge in [0.2, 0.25) is 0 Å². The van der Waals surface area contributed by atoms with Crippen molar-refractivity contribution in [2.75, 3.05) is 0 Å². The molecule has 0 amide bonds. The minimum atomic E-state index is -0.314. The quantitative estimate of drug-likeness (QED) is 0.394. The summed E-state index contributed by atoms with van der Waals surface area (Å²) in [7, 11) is 0. The van der Waals surface area contributed by atoms with Crippen LogP contribution in [0, 0.1) is 5.82 Å². The number of hydrogen-bond donors (Lipinski definition) is 2. The summed E-state index contributed by atoms with van der Waals surface area (Å²) in [6.45, 7) is 0.219. The number of ether oxygens (including phenoxy) is 1. The molecule has 4 nitrogen and oxygen atoms in total. The Labute approximate surface area is 120 Å². The summed E-state index contributed by atoms with van der Waals surface area (Å²) < 4.78 is 18.5. The zero-order valence-corrected chi connectivity index (χ0v) is 11.1.